The molecule has 7 nitrogen and oxygen atoms in total. The van der Waals surface area contributed by atoms with E-state index in [-0.39, 0.29) is 18.1 Å². The molecule has 1 saturated carbocycles. The van der Waals surface area contributed by atoms with Crippen LogP contribution in [0.25, 0.3) is 22.2 Å². The number of fused-ring (bicyclic) bond motifs is 3. The van der Waals surface area contributed by atoms with Crippen LogP contribution in [0.5, 0.6) is 5.75 Å². The smallest absolute Gasteiger partial charge is 0.251 e. The van der Waals surface area contributed by atoms with Crippen molar-refractivity contribution in [2.45, 2.75) is 62.8 Å². The third-order valence-electron chi connectivity index (χ3n) is 8.66. The number of rotatable bonds is 8. The van der Waals surface area contributed by atoms with Crippen LogP contribution in [0.2, 0.25) is 0 Å². The normalized spacial score (nSPS) is 23.0. The topological polar surface area (TPSA) is 87.3 Å². The third-order valence-corrected chi connectivity index (χ3v) is 8.66. The van der Waals surface area contributed by atoms with Gasteiger partial charge in [-0.15, -0.1) is 0 Å². The first-order valence-corrected chi connectivity index (χ1v) is 14.0. The number of ether oxygens (including phenoxy) is 1. The first-order chi connectivity index (χ1) is 19.2. The Balaban J connectivity index is 1.08. The van der Waals surface area contributed by atoms with Gasteiger partial charge >= 0.3 is 0 Å². The summed E-state index contributed by atoms with van der Waals surface area (Å²) in [7, 11) is 0. The van der Waals surface area contributed by atoms with Gasteiger partial charge < -0.3 is 15.0 Å². The van der Waals surface area contributed by atoms with Crippen molar-refractivity contribution in [1.82, 2.24) is 20.4 Å². The van der Waals surface area contributed by atoms with E-state index in [0.29, 0.717) is 23.6 Å². The van der Waals surface area contributed by atoms with E-state index in [1.165, 1.54) is 0 Å². The van der Waals surface area contributed by atoms with E-state index in [4.69, 9.17) is 4.74 Å². The molecule has 0 spiro atoms. The van der Waals surface area contributed by atoms with Crippen LogP contribution >= 0.6 is 0 Å². The Labute approximate surface area is 227 Å². The molecule has 3 aromatic carbocycles. The molecule has 3 aliphatic rings. The number of hydrogen-bond acceptors (Lipinski definition) is 4. The second kappa shape index (κ2) is 9.88. The first-order valence-electron chi connectivity index (χ1n) is 14.0. The van der Waals surface area contributed by atoms with Gasteiger partial charge in [0.2, 0.25) is 6.41 Å². The van der Waals surface area contributed by atoms with Gasteiger partial charge in [0.1, 0.15) is 11.9 Å². The predicted octanol–water partition coefficient (Wildman–Crippen LogP) is 5.64. The molecule has 1 aromatic heterocycles. The Morgan fingerprint density at radius 1 is 0.974 bits per heavy atom. The lowest BCUT2D eigenvalue weighted by Gasteiger charge is -2.36. The minimum absolute atomic E-state index is 0.0339. The van der Waals surface area contributed by atoms with Crippen LogP contribution in [-0.2, 0) is 4.79 Å². The minimum atomic E-state index is -0.0665. The van der Waals surface area contributed by atoms with Crippen molar-refractivity contribution in [2.24, 2.45) is 5.92 Å². The zero-order chi connectivity index (χ0) is 26.3. The number of aromatic amines is 1. The fourth-order valence-electron chi connectivity index (χ4n) is 6.48. The van der Waals surface area contributed by atoms with Gasteiger partial charge in [0.05, 0.1) is 17.3 Å². The summed E-state index contributed by atoms with van der Waals surface area (Å²) in [6.45, 7) is 0. The maximum absolute atomic E-state index is 13.3. The maximum atomic E-state index is 13.3. The summed E-state index contributed by atoms with van der Waals surface area (Å²) in [5.41, 5.74) is 4.44. The Morgan fingerprint density at radius 2 is 1.72 bits per heavy atom. The largest absolute Gasteiger partial charge is 0.490 e. The Morgan fingerprint density at radius 3 is 2.41 bits per heavy atom. The highest BCUT2D eigenvalue weighted by Crippen LogP contribution is 2.41. The summed E-state index contributed by atoms with van der Waals surface area (Å²) < 4.78 is 6.31. The van der Waals surface area contributed by atoms with E-state index in [1.54, 1.807) is 0 Å². The molecule has 4 aromatic rings. The monoisotopic (exact) mass is 520 g/mol. The molecule has 2 amide bonds. The molecule has 39 heavy (non-hydrogen) atoms. The van der Waals surface area contributed by atoms with Gasteiger partial charge in [-0.3, -0.25) is 14.7 Å². The van der Waals surface area contributed by atoms with Crippen LogP contribution in [0.3, 0.4) is 0 Å². The number of aromatic nitrogens is 2. The van der Waals surface area contributed by atoms with Crippen molar-refractivity contribution in [2.75, 3.05) is 0 Å². The zero-order valence-electron chi connectivity index (χ0n) is 21.8. The average molecular weight is 521 g/mol. The highest BCUT2D eigenvalue weighted by molar-refractivity contribution is 6.01. The van der Waals surface area contributed by atoms with Crippen LogP contribution in [0, 0.1) is 5.92 Å². The number of carbonyl (C=O) groups is 2. The Bertz CT molecular complexity index is 1480. The number of nitrogens with zero attached hydrogens (tertiary/aromatic N) is 2. The van der Waals surface area contributed by atoms with Crippen molar-refractivity contribution in [3.8, 4) is 17.0 Å². The van der Waals surface area contributed by atoms with Crippen molar-refractivity contribution in [3.05, 3.63) is 83.9 Å². The second-order valence-electron chi connectivity index (χ2n) is 11.2. The van der Waals surface area contributed by atoms with Crippen LogP contribution in [0.1, 0.15) is 60.5 Å². The number of nitrogens with one attached hydrogen (secondary N) is 2. The van der Waals surface area contributed by atoms with Gasteiger partial charge in [-0.25, -0.2) is 0 Å². The van der Waals surface area contributed by atoms with Crippen molar-refractivity contribution < 1.29 is 14.3 Å². The number of carbonyl (C=O) groups excluding carboxylic acids is 2. The van der Waals surface area contributed by atoms with Gasteiger partial charge in [-0.05, 0) is 79.6 Å². The fraction of sp³-hybridized carbons (Fsp3) is 0.344. The second-order valence-corrected chi connectivity index (χ2v) is 11.2. The van der Waals surface area contributed by atoms with E-state index in [1.807, 2.05) is 65.6 Å². The van der Waals surface area contributed by atoms with Gasteiger partial charge in [0.25, 0.3) is 5.91 Å². The lowest BCUT2D eigenvalue weighted by Crippen LogP contribution is -2.45. The van der Waals surface area contributed by atoms with Crippen LogP contribution < -0.4 is 10.1 Å². The molecular weight excluding hydrogens is 488 g/mol. The number of amides is 2. The summed E-state index contributed by atoms with van der Waals surface area (Å²) in [4.78, 5) is 26.7. The fourth-order valence-corrected chi connectivity index (χ4v) is 6.48. The number of piperidine rings is 1. The summed E-state index contributed by atoms with van der Waals surface area (Å²) in [5, 5.41) is 11.9. The summed E-state index contributed by atoms with van der Waals surface area (Å²) in [6, 6.07) is 24.6. The molecule has 2 saturated heterocycles. The number of hydrogen-bond donors (Lipinski definition) is 2. The predicted molar refractivity (Wildman–Crippen MR) is 149 cm³/mol. The standard InChI is InChI=1S/C32H32N4O3/c37-19-36-24-11-12-25(36)18-27(17-24)39-26-13-8-22(9-14-26)31-28-16-23(10-15-29(28)34-35-31)32(38)33-30(21-6-7-21)20-4-2-1-3-5-20/h1-5,8-10,13-16,19,21,24-25,27,30H,6-7,11-12,17-18H2,(H,33,38)(H,34,35). The molecule has 3 unspecified atom stereocenters. The molecule has 198 valence electrons. The average Bonchev–Trinajstić information content (AvgIpc) is 3.67. The molecule has 3 heterocycles. The summed E-state index contributed by atoms with van der Waals surface area (Å²) in [5.74, 6) is 1.26. The lowest BCUT2D eigenvalue weighted by molar-refractivity contribution is -0.123. The molecule has 0 radical (unpaired) electrons. The molecule has 2 aliphatic heterocycles. The quantitative estimate of drug-likeness (QED) is 0.294. The van der Waals surface area contributed by atoms with Gasteiger partial charge in [-0.1, -0.05) is 30.3 Å². The summed E-state index contributed by atoms with van der Waals surface area (Å²) >= 11 is 0. The van der Waals surface area contributed by atoms with Crippen molar-refractivity contribution in [1.29, 1.82) is 0 Å². The molecule has 7 heteroatoms. The van der Waals surface area contributed by atoms with E-state index in [9.17, 15) is 9.59 Å². The minimum Gasteiger partial charge on any atom is -0.490 e. The zero-order valence-corrected chi connectivity index (χ0v) is 21.8. The SMILES string of the molecule is O=CN1C2CCC1CC(Oc1ccc(-c3n[nH]c4ccc(C(=O)NC(c5ccccc5)C5CC5)cc34)cc1)C2. The van der Waals surface area contributed by atoms with Gasteiger partial charge in [-0.2, -0.15) is 5.10 Å². The van der Waals surface area contributed by atoms with Gasteiger partial charge in [0.15, 0.2) is 0 Å². The van der Waals surface area contributed by atoms with E-state index in [0.717, 1.165) is 78.4 Å². The van der Waals surface area contributed by atoms with E-state index >= 15 is 0 Å². The molecular formula is C32H32N4O3. The maximum Gasteiger partial charge on any atom is 0.251 e. The first kappa shape index (κ1) is 23.9. The third kappa shape index (κ3) is 4.67. The molecule has 7 rings (SSSR count). The highest BCUT2D eigenvalue weighted by Gasteiger charge is 2.41. The number of benzene rings is 3. The van der Waals surface area contributed by atoms with Gasteiger partial charge in [0, 0.05) is 41.4 Å². The lowest BCUT2D eigenvalue weighted by atomic mass is 10.0. The van der Waals surface area contributed by atoms with E-state index < -0.39 is 0 Å². The number of H-pyrrole nitrogens is 1. The van der Waals surface area contributed by atoms with Crippen LogP contribution in [-0.4, -0.2) is 45.6 Å². The molecule has 3 atom stereocenters. The highest BCUT2D eigenvalue weighted by atomic mass is 16.5. The molecule has 2 bridgehead atoms. The van der Waals surface area contributed by atoms with Crippen molar-refractivity contribution >= 4 is 23.2 Å². The molecule has 1 aliphatic carbocycles. The summed E-state index contributed by atoms with van der Waals surface area (Å²) in [6.07, 6.45) is 7.34. The van der Waals surface area contributed by atoms with Crippen molar-refractivity contribution in [3.63, 3.8) is 0 Å². The molecule has 2 N–H and O–H groups in total. The van der Waals surface area contributed by atoms with E-state index in [2.05, 4.69) is 27.6 Å². The van der Waals surface area contributed by atoms with Crippen LogP contribution in [0.15, 0.2) is 72.8 Å². The van der Waals surface area contributed by atoms with Crippen LogP contribution in [0.4, 0.5) is 0 Å². The molecule has 3 fully saturated rings. The Kier molecular flexibility index (Phi) is 6.06. The Hall–Kier alpha value is -4.13.